The summed E-state index contributed by atoms with van der Waals surface area (Å²) in [6, 6.07) is 17.1. The van der Waals surface area contributed by atoms with Gasteiger partial charge in [0.25, 0.3) is 5.91 Å². The summed E-state index contributed by atoms with van der Waals surface area (Å²) < 4.78 is 5.77. The Morgan fingerprint density at radius 3 is 2.62 bits per heavy atom. The number of pyridine rings is 1. The molecule has 0 fully saturated rings. The minimum absolute atomic E-state index is 0.0102. The van der Waals surface area contributed by atoms with Crippen molar-refractivity contribution in [3.63, 3.8) is 0 Å². The quantitative estimate of drug-likeness (QED) is 0.316. The zero-order valence-electron chi connectivity index (χ0n) is 14.9. The number of carbonyl (C=O) groups excluding carboxylic acids is 1. The fourth-order valence-corrected chi connectivity index (χ4v) is 2.92. The van der Waals surface area contributed by atoms with Crippen molar-refractivity contribution >= 4 is 52.6 Å². The van der Waals surface area contributed by atoms with Crippen LogP contribution >= 0.6 is 34.8 Å². The highest BCUT2D eigenvalue weighted by atomic mass is 35.5. The van der Waals surface area contributed by atoms with Gasteiger partial charge in [-0.05, 0) is 23.3 Å². The number of hydrazone groups is 1. The van der Waals surface area contributed by atoms with Gasteiger partial charge >= 0.3 is 0 Å². The first-order valence-electron chi connectivity index (χ1n) is 8.36. The Hall–Kier alpha value is -2.80. The zero-order chi connectivity index (χ0) is 20.8. The van der Waals surface area contributed by atoms with E-state index in [9.17, 15) is 4.79 Å². The molecule has 1 aromatic heterocycles. The summed E-state index contributed by atoms with van der Waals surface area (Å²) in [5, 5.41) is 3.68. The monoisotopic (exact) mass is 448 g/mol. The van der Waals surface area contributed by atoms with Crippen LogP contribution in [0.15, 0.2) is 59.7 Å². The van der Waals surface area contributed by atoms with Crippen molar-refractivity contribution in [1.82, 2.24) is 10.4 Å². The van der Waals surface area contributed by atoms with Gasteiger partial charge in [-0.1, -0.05) is 77.3 Å². The van der Waals surface area contributed by atoms with E-state index in [1.165, 1.54) is 6.21 Å². The molecule has 148 valence electrons. The van der Waals surface area contributed by atoms with E-state index in [2.05, 4.69) is 15.5 Å². The summed E-state index contributed by atoms with van der Waals surface area (Å²) in [7, 11) is 0. The molecule has 0 aliphatic rings. The number of nitrogens with zero attached hydrogens (tertiary/aromatic N) is 2. The lowest BCUT2D eigenvalue weighted by molar-refractivity contribution is 0.0950. The molecule has 0 spiro atoms. The Kier molecular flexibility index (Phi) is 6.93. The Labute approximate surface area is 182 Å². The standard InChI is InChI=1S/C20H15Cl3N4O2/c21-15-17(24)16(22)19(23)26-18(15)20(28)27-25-10-13-7-4-8-14(9-13)29-11-12-5-2-1-3-6-12/h1-10H,11H2,(H2,24,26)(H,27,28)/b25-10+. The largest absolute Gasteiger partial charge is 0.489 e. The van der Waals surface area contributed by atoms with Gasteiger partial charge in [0.05, 0.1) is 16.9 Å². The van der Waals surface area contributed by atoms with Gasteiger partial charge in [0.1, 0.15) is 17.4 Å². The maximum Gasteiger partial charge on any atom is 0.291 e. The third-order valence-corrected chi connectivity index (χ3v) is 4.91. The number of rotatable bonds is 6. The minimum atomic E-state index is -0.673. The maximum atomic E-state index is 12.2. The predicted octanol–water partition coefficient (Wildman–Crippen LogP) is 4.97. The Morgan fingerprint density at radius 2 is 1.86 bits per heavy atom. The summed E-state index contributed by atoms with van der Waals surface area (Å²) in [5.41, 5.74) is 9.62. The number of ether oxygens (including phenoxy) is 1. The third kappa shape index (κ3) is 5.38. The molecule has 29 heavy (non-hydrogen) atoms. The second-order valence-electron chi connectivity index (χ2n) is 5.84. The molecule has 0 saturated carbocycles. The fourth-order valence-electron chi connectivity index (χ4n) is 2.33. The van der Waals surface area contributed by atoms with Crippen LogP contribution in [0, 0.1) is 0 Å². The summed E-state index contributed by atoms with van der Waals surface area (Å²) in [5.74, 6) is -0.000837. The van der Waals surface area contributed by atoms with Gasteiger partial charge in [0.2, 0.25) is 0 Å². The number of halogens is 3. The topological polar surface area (TPSA) is 89.6 Å². The van der Waals surface area contributed by atoms with Crippen molar-refractivity contribution in [2.75, 3.05) is 5.73 Å². The van der Waals surface area contributed by atoms with Crippen molar-refractivity contribution in [2.45, 2.75) is 6.61 Å². The lowest BCUT2D eigenvalue weighted by atomic mass is 10.2. The van der Waals surface area contributed by atoms with Crippen LogP contribution in [0.25, 0.3) is 0 Å². The molecular weight excluding hydrogens is 435 g/mol. The number of carbonyl (C=O) groups is 1. The molecule has 3 rings (SSSR count). The molecule has 6 nitrogen and oxygen atoms in total. The molecule has 0 atom stereocenters. The molecule has 0 unspecified atom stereocenters. The van der Waals surface area contributed by atoms with Gasteiger partial charge in [-0.15, -0.1) is 0 Å². The maximum absolute atomic E-state index is 12.2. The first-order valence-corrected chi connectivity index (χ1v) is 9.49. The highest BCUT2D eigenvalue weighted by molar-refractivity contribution is 6.46. The first kappa shape index (κ1) is 20.9. The molecule has 9 heteroatoms. The van der Waals surface area contributed by atoms with Gasteiger partial charge in [0, 0.05) is 0 Å². The first-order chi connectivity index (χ1) is 14.0. The van der Waals surface area contributed by atoms with E-state index in [0.29, 0.717) is 12.4 Å². The molecule has 0 aliphatic heterocycles. The van der Waals surface area contributed by atoms with Crippen molar-refractivity contribution in [1.29, 1.82) is 0 Å². The number of nitrogens with two attached hydrogens (primary N) is 1. The molecule has 1 heterocycles. The zero-order valence-corrected chi connectivity index (χ0v) is 17.2. The number of aromatic nitrogens is 1. The number of nitrogens with one attached hydrogen (secondary N) is 1. The summed E-state index contributed by atoms with van der Waals surface area (Å²) in [6.45, 7) is 0.446. The number of benzene rings is 2. The molecule has 3 N–H and O–H groups in total. The van der Waals surface area contributed by atoms with Crippen LogP contribution in [0.4, 0.5) is 5.69 Å². The van der Waals surface area contributed by atoms with Crippen LogP contribution in [0.5, 0.6) is 5.75 Å². The smallest absolute Gasteiger partial charge is 0.291 e. The number of amides is 1. The van der Waals surface area contributed by atoms with Gasteiger partial charge in [-0.2, -0.15) is 5.10 Å². The molecule has 0 radical (unpaired) electrons. The van der Waals surface area contributed by atoms with Gasteiger partial charge in [-0.25, -0.2) is 10.4 Å². The minimum Gasteiger partial charge on any atom is -0.489 e. The number of hydrogen-bond acceptors (Lipinski definition) is 5. The molecule has 2 aromatic carbocycles. The second-order valence-corrected chi connectivity index (χ2v) is 6.95. The number of hydrogen-bond donors (Lipinski definition) is 2. The van der Waals surface area contributed by atoms with E-state index in [0.717, 1.165) is 11.1 Å². The molecule has 0 bridgehead atoms. The van der Waals surface area contributed by atoms with Crippen LogP contribution in [0.2, 0.25) is 15.2 Å². The molecule has 0 saturated heterocycles. The second kappa shape index (κ2) is 9.60. The summed E-state index contributed by atoms with van der Waals surface area (Å²) >= 11 is 17.7. The third-order valence-electron chi connectivity index (χ3n) is 3.77. The van der Waals surface area contributed by atoms with Crippen molar-refractivity contribution in [3.8, 4) is 5.75 Å². The SMILES string of the molecule is Nc1c(Cl)c(Cl)nc(C(=O)N/N=C/c2cccc(OCc3ccccc3)c2)c1Cl. The lowest BCUT2D eigenvalue weighted by Gasteiger charge is -2.08. The molecule has 3 aromatic rings. The van der Waals surface area contributed by atoms with Crippen molar-refractivity contribution in [2.24, 2.45) is 5.10 Å². The van der Waals surface area contributed by atoms with Gasteiger partial charge in [0.15, 0.2) is 10.8 Å². The number of anilines is 1. The molecule has 1 amide bonds. The Balaban J connectivity index is 1.64. The fraction of sp³-hybridized carbons (Fsp3) is 0.0500. The molecule has 0 aliphatic carbocycles. The summed E-state index contributed by atoms with van der Waals surface area (Å²) in [6.07, 6.45) is 1.46. The Bertz CT molecular complexity index is 1060. The van der Waals surface area contributed by atoms with E-state index in [1.807, 2.05) is 48.5 Å². The van der Waals surface area contributed by atoms with Crippen molar-refractivity contribution in [3.05, 3.63) is 86.6 Å². The highest BCUT2D eigenvalue weighted by Crippen LogP contribution is 2.34. The highest BCUT2D eigenvalue weighted by Gasteiger charge is 2.19. The number of nitrogen functional groups attached to an aromatic ring is 1. The van der Waals surface area contributed by atoms with E-state index in [-0.39, 0.29) is 26.6 Å². The van der Waals surface area contributed by atoms with Crippen LogP contribution in [0.1, 0.15) is 21.6 Å². The van der Waals surface area contributed by atoms with Crippen LogP contribution in [0.3, 0.4) is 0 Å². The van der Waals surface area contributed by atoms with Gasteiger partial charge in [-0.3, -0.25) is 4.79 Å². The van der Waals surface area contributed by atoms with E-state index in [1.54, 1.807) is 6.07 Å². The lowest BCUT2D eigenvalue weighted by Crippen LogP contribution is -2.20. The van der Waals surface area contributed by atoms with E-state index >= 15 is 0 Å². The summed E-state index contributed by atoms with van der Waals surface area (Å²) in [4.78, 5) is 16.1. The van der Waals surface area contributed by atoms with Crippen LogP contribution < -0.4 is 15.9 Å². The van der Waals surface area contributed by atoms with E-state index < -0.39 is 5.91 Å². The van der Waals surface area contributed by atoms with E-state index in [4.69, 9.17) is 45.3 Å². The van der Waals surface area contributed by atoms with Crippen molar-refractivity contribution < 1.29 is 9.53 Å². The van der Waals surface area contributed by atoms with Crippen LogP contribution in [-0.4, -0.2) is 17.1 Å². The molecular formula is C20H15Cl3N4O2. The Morgan fingerprint density at radius 1 is 1.10 bits per heavy atom. The average Bonchev–Trinajstić information content (AvgIpc) is 2.74. The average molecular weight is 450 g/mol. The normalized spacial score (nSPS) is 10.9. The predicted molar refractivity (Wildman–Crippen MR) is 116 cm³/mol. The van der Waals surface area contributed by atoms with Crippen LogP contribution in [-0.2, 0) is 6.61 Å². The van der Waals surface area contributed by atoms with Gasteiger partial charge < -0.3 is 10.5 Å².